The molecule has 0 spiro atoms. The second kappa shape index (κ2) is 6.22. The first-order valence-electron chi connectivity index (χ1n) is 7.41. The molecule has 1 N–H and O–H groups in total. The van der Waals surface area contributed by atoms with E-state index in [1.54, 1.807) is 6.07 Å². The van der Waals surface area contributed by atoms with Crippen LogP contribution in [0.3, 0.4) is 0 Å². The molecule has 6 heteroatoms. The lowest BCUT2D eigenvalue weighted by Crippen LogP contribution is -2.26. The van der Waals surface area contributed by atoms with Crippen LogP contribution < -0.4 is 14.2 Å². The molecule has 1 aliphatic rings. The van der Waals surface area contributed by atoms with E-state index in [9.17, 15) is 8.42 Å². The van der Waals surface area contributed by atoms with E-state index < -0.39 is 10.0 Å². The topological polar surface area (TPSA) is 64.6 Å². The van der Waals surface area contributed by atoms with Crippen molar-refractivity contribution in [3.8, 4) is 11.5 Å². The fraction of sp³-hybridized carbons (Fsp3) is 0.294. The van der Waals surface area contributed by atoms with Gasteiger partial charge in [-0.05, 0) is 43.5 Å². The lowest BCUT2D eigenvalue weighted by atomic mass is 10.0. The van der Waals surface area contributed by atoms with E-state index >= 15 is 0 Å². The smallest absolute Gasteiger partial charge is 0.240 e. The molecule has 2 aromatic rings. The molecule has 0 saturated carbocycles. The fourth-order valence-electron chi connectivity index (χ4n) is 2.57. The summed E-state index contributed by atoms with van der Waals surface area (Å²) in [5, 5.41) is 0. The summed E-state index contributed by atoms with van der Waals surface area (Å²) in [5.74, 6) is 1.03. The van der Waals surface area contributed by atoms with Crippen molar-refractivity contribution in [3.05, 3.63) is 53.1 Å². The predicted molar refractivity (Wildman–Crippen MR) is 87.4 cm³/mol. The molecule has 0 aliphatic carbocycles. The number of aryl methyl sites for hydroxylation is 2. The summed E-state index contributed by atoms with van der Waals surface area (Å²) in [4.78, 5) is 0.183. The Labute approximate surface area is 136 Å². The van der Waals surface area contributed by atoms with Crippen LogP contribution in [0.1, 0.15) is 16.7 Å². The molecule has 0 fully saturated rings. The van der Waals surface area contributed by atoms with Crippen LogP contribution in [0.15, 0.2) is 41.3 Å². The summed E-state index contributed by atoms with van der Waals surface area (Å²) in [6.45, 7) is 4.55. The maximum absolute atomic E-state index is 12.4. The minimum Gasteiger partial charge on any atom is -0.454 e. The molecular formula is C17H19NO4S. The minimum absolute atomic E-state index is 0.124. The van der Waals surface area contributed by atoms with Gasteiger partial charge in [-0.1, -0.05) is 23.8 Å². The highest BCUT2D eigenvalue weighted by Gasteiger charge is 2.19. The SMILES string of the molecule is Cc1ccc(CCNS(=O)(=O)c2ccc3c(c2)OCO3)c(C)c1. The average molecular weight is 333 g/mol. The maximum atomic E-state index is 12.4. The Morgan fingerprint density at radius 1 is 1.04 bits per heavy atom. The Hall–Kier alpha value is -2.05. The lowest BCUT2D eigenvalue weighted by molar-refractivity contribution is 0.174. The Kier molecular flexibility index (Phi) is 4.28. The van der Waals surface area contributed by atoms with Crippen LogP contribution in [-0.2, 0) is 16.4 Å². The molecule has 2 aromatic carbocycles. The van der Waals surface area contributed by atoms with Gasteiger partial charge in [-0.3, -0.25) is 0 Å². The summed E-state index contributed by atoms with van der Waals surface area (Å²) in [7, 11) is -3.56. The molecule has 0 bridgehead atoms. The molecular weight excluding hydrogens is 314 g/mol. The van der Waals surface area contributed by atoms with E-state index in [1.165, 1.54) is 23.3 Å². The third-order valence-corrected chi connectivity index (χ3v) is 5.30. The highest BCUT2D eigenvalue weighted by atomic mass is 32.2. The zero-order valence-electron chi connectivity index (χ0n) is 13.1. The zero-order valence-corrected chi connectivity index (χ0v) is 13.9. The number of hydrogen-bond donors (Lipinski definition) is 1. The van der Waals surface area contributed by atoms with Crippen LogP contribution in [0.4, 0.5) is 0 Å². The van der Waals surface area contributed by atoms with Crippen molar-refractivity contribution in [1.82, 2.24) is 4.72 Å². The van der Waals surface area contributed by atoms with E-state index in [-0.39, 0.29) is 11.7 Å². The third-order valence-electron chi connectivity index (χ3n) is 3.84. The quantitative estimate of drug-likeness (QED) is 0.913. The van der Waals surface area contributed by atoms with Gasteiger partial charge in [-0.15, -0.1) is 0 Å². The summed E-state index contributed by atoms with van der Waals surface area (Å²) >= 11 is 0. The average Bonchev–Trinajstić information content (AvgIpc) is 2.97. The molecule has 0 saturated heterocycles. The van der Waals surface area contributed by atoms with Gasteiger partial charge in [0.2, 0.25) is 16.8 Å². The van der Waals surface area contributed by atoms with Crippen LogP contribution >= 0.6 is 0 Å². The van der Waals surface area contributed by atoms with Gasteiger partial charge in [-0.25, -0.2) is 13.1 Å². The van der Waals surface area contributed by atoms with E-state index in [0.717, 1.165) is 5.56 Å². The zero-order chi connectivity index (χ0) is 16.4. The maximum Gasteiger partial charge on any atom is 0.240 e. The largest absolute Gasteiger partial charge is 0.454 e. The number of rotatable bonds is 5. The van der Waals surface area contributed by atoms with E-state index in [1.807, 2.05) is 26.0 Å². The van der Waals surface area contributed by atoms with Crippen LogP contribution in [0.2, 0.25) is 0 Å². The molecule has 0 aromatic heterocycles. The second-order valence-electron chi connectivity index (χ2n) is 5.59. The number of fused-ring (bicyclic) bond motifs is 1. The molecule has 1 heterocycles. The van der Waals surface area contributed by atoms with E-state index in [0.29, 0.717) is 24.5 Å². The summed E-state index contributed by atoms with van der Waals surface area (Å²) < 4.78 is 37.8. The standard InChI is InChI=1S/C17H19NO4S/c1-12-3-4-14(13(2)9-12)7-8-18-23(19,20)15-5-6-16-17(10-15)22-11-21-16/h3-6,9-10,18H,7-8,11H2,1-2H3. The minimum atomic E-state index is -3.56. The van der Waals surface area contributed by atoms with E-state index in [4.69, 9.17) is 9.47 Å². The first-order valence-corrected chi connectivity index (χ1v) is 8.89. The third kappa shape index (κ3) is 3.48. The summed E-state index contributed by atoms with van der Waals surface area (Å²) in [5.41, 5.74) is 3.52. The molecule has 0 unspecified atom stereocenters. The van der Waals surface area contributed by atoms with Crippen LogP contribution in [0, 0.1) is 13.8 Å². The number of nitrogens with one attached hydrogen (secondary N) is 1. The van der Waals surface area contributed by atoms with Gasteiger partial charge in [0.25, 0.3) is 0 Å². The molecule has 23 heavy (non-hydrogen) atoms. The molecule has 5 nitrogen and oxygen atoms in total. The number of sulfonamides is 1. The summed E-state index contributed by atoms with van der Waals surface area (Å²) in [6, 6.07) is 10.8. The monoisotopic (exact) mass is 333 g/mol. The molecule has 1 aliphatic heterocycles. The Morgan fingerprint density at radius 2 is 1.83 bits per heavy atom. The lowest BCUT2D eigenvalue weighted by Gasteiger charge is -2.09. The molecule has 0 radical (unpaired) electrons. The van der Waals surface area contributed by atoms with Crippen molar-refractivity contribution in [2.24, 2.45) is 0 Å². The normalized spacial score (nSPS) is 13.3. The molecule has 0 amide bonds. The van der Waals surface area contributed by atoms with Crippen molar-refractivity contribution < 1.29 is 17.9 Å². The molecule has 3 rings (SSSR count). The van der Waals surface area contributed by atoms with Crippen LogP contribution in [0.25, 0.3) is 0 Å². The fourth-order valence-corrected chi connectivity index (χ4v) is 3.62. The van der Waals surface area contributed by atoms with Gasteiger partial charge in [0, 0.05) is 12.6 Å². The van der Waals surface area contributed by atoms with Crippen LogP contribution in [0.5, 0.6) is 11.5 Å². The highest BCUT2D eigenvalue weighted by molar-refractivity contribution is 7.89. The van der Waals surface area contributed by atoms with Crippen LogP contribution in [-0.4, -0.2) is 21.8 Å². The Bertz CT molecular complexity index is 830. The van der Waals surface area contributed by atoms with Gasteiger partial charge in [0.05, 0.1) is 4.90 Å². The predicted octanol–water partition coefficient (Wildman–Crippen LogP) is 2.55. The summed E-state index contributed by atoms with van der Waals surface area (Å²) in [6.07, 6.45) is 0.649. The van der Waals surface area contributed by atoms with E-state index in [2.05, 4.69) is 10.8 Å². The van der Waals surface area contributed by atoms with Crippen molar-refractivity contribution in [2.75, 3.05) is 13.3 Å². The van der Waals surface area contributed by atoms with Gasteiger partial charge < -0.3 is 9.47 Å². The van der Waals surface area contributed by atoms with Gasteiger partial charge >= 0.3 is 0 Å². The van der Waals surface area contributed by atoms with Gasteiger partial charge in [0.1, 0.15) is 0 Å². The Morgan fingerprint density at radius 3 is 2.61 bits per heavy atom. The van der Waals surface area contributed by atoms with Gasteiger partial charge in [0.15, 0.2) is 11.5 Å². The first kappa shape index (κ1) is 15.8. The molecule has 0 atom stereocenters. The van der Waals surface area contributed by atoms with Crippen molar-refractivity contribution >= 4 is 10.0 Å². The highest BCUT2D eigenvalue weighted by Crippen LogP contribution is 2.33. The van der Waals surface area contributed by atoms with Gasteiger partial charge in [-0.2, -0.15) is 0 Å². The van der Waals surface area contributed by atoms with Crippen molar-refractivity contribution in [2.45, 2.75) is 25.2 Å². The first-order chi connectivity index (χ1) is 11.0. The number of benzene rings is 2. The van der Waals surface area contributed by atoms with Crippen molar-refractivity contribution in [3.63, 3.8) is 0 Å². The second-order valence-corrected chi connectivity index (χ2v) is 7.36. The van der Waals surface area contributed by atoms with Crippen molar-refractivity contribution in [1.29, 1.82) is 0 Å². The Balaban J connectivity index is 1.67. The molecule has 122 valence electrons. The number of ether oxygens (including phenoxy) is 2. The number of hydrogen-bond acceptors (Lipinski definition) is 4.